The van der Waals surface area contributed by atoms with Crippen LogP contribution in [0.2, 0.25) is 0 Å². The molecule has 1 fully saturated rings. The highest BCUT2D eigenvalue weighted by atomic mass is 19.4. The zero-order chi connectivity index (χ0) is 25.0. The zero-order valence-corrected chi connectivity index (χ0v) is 19.6. The van der Waals surface area contributed by atoms with Gasteiger partial charge in [0, 0.05) is 51.0 Å². The Morgan fingerprint density at radius 2 is 1.97 bits per heavy atom. The van der Waals surface area contributed by atoms with Crippen LogP contribution < -0.4 is 10.3 Å². The smallest absolute Gasteiger partial charge is 0.416 e. The fourth-order valence-corrected chi connectivity index (χ4v) is 4.68. The molecule has 0 aliphatic carbocycles. The second kappa shape index (κ2) is 10.8. The summed E-state index contributed by atoms with van der Waals surface area (Å²) >= 11 is 0. The van der Waals surface area contributed by atoms with E-state index in [1.54, 1.807) is 6.07 Å². The van der Waals surface area contributed by atoms with Crippen LogP contribution in [0.5, 0.6) is 5.75 Å². The van der Waals surface area contributed by atoms with Crippen LogP contribution in [0.25, 0.3) is 0 Å². The molecule has 4 rings (SSSR count). The van der Waals surface area contributed by atoms with Crippen molar-refractivity contribution in [1.29, 1.82) is 0 Å². The molecule has 1 atom stereocenters. The van der Waals surface area contributed by atoms with Gasteiger partial charge in [0.05, 0.1) is 18.8 Å². The lowest BCUT2D eigenvalue weighted by molar-refractivity contribution is -0.138. The summed E-state index contributed by atoms with van der Waals surface area (Å²) in [5.74, 6) is -0.470. The van der Waals surface area contributed by atoms with Crippen LogP contribution in [0.3, 0.4) is 0 Å². The molecule has 1 aromatic carbocycles. The van der Waals surface area contributed by atoms with Gasteiger partial charge in [0.25, 0.3) is 5.56 Å². The van der Waals surface area contributed by atoms with Gasteiger partial charge < -0.3 is 18.8 Å². The number of nitrogens with zero attached hydrogens (tertiary/aromatic N) is 2. The minimum atomic E-state index is -4.45. The molecular formula is C25H29F3N2O5. The van der Waals surface area contributed by atoms with E-state index < -0.39 is 17.7 Å². The van der Waals surface area contributed by atoms with Gasteiger partial charge in [0.1, 0.15) is 17.9 Å². The summed E-state index contributed by atoms with van der Waals surface area (Å²) in [5, 5.41) is 0. The molecule has 0 saturated carbocycles. The van der Waals surface area contributed by atoms with Crippen LogP contribution in [0.1, 0.15) is 46.4 Å². The van der Waals surface area contributed by atoms with Crippen molar-refractivity contribution in [3.63, 3.8) is 0 Å². The van der Waals surface area contributed by atoms with Gasteiger partial charge in [-0.15, -0.1) is 0 Å². The predicted octanol–water partition coefficient (Wildman–Crippen LogP) is 3.66. The Kier molecular flexibility index (Phi) is 7.81. The number of esters is 1. The zero-order valence-electron chi connectivity index (χ0n) is 19.6. The van der Waals surface area contributed by atoms with E-state index in [4.69, 9.17) is 14.2 Å². The number of methoxy groups -OCH3 is 1. The van der Waals surface area contributed by atoms with Gasteiger partial charge in [-0.05, 0) is 30.9 Å². The molecule has 1 aromatic heterocycles. The van der Waals surface area contributed by atoms with Gasteiger partial charge in [-0.3, -0.25) is 9.69 Å². The summed E-state index contributed by atoms with van der Waals surface area (Å²) in [7, 11) is 1.26. The number of aromatic nitrogens is 1. The summed E-state index contributed by atoms with van der Waals surface area (Å²) in [6.07, 6.45) is -1.42. The lowest BCUT2D eigenvalue weighted by Gasteiger charge is -2.24. The summed E-state index contributed by atoms with van der Waals surface area (Å²) < 4.78 is 58.4. The number of ether oxygens (including phenoxy) is 3. The van der Waals surface area contributed by atoms with E-state index >= 15 is 0 Å². The molecule has 0 amide bonds. The molecule has 2 aliphatic rings. The molecule has 0 spiro atoms. The lowest BCUT2D eigenvalue weighted by atomic mass is 10.1. The second-order valence-electron chi connectivity index (χ2n) is 8.79. The van der Waals surface area contributed by atoms with Crippen LogP contribution in [0.4, 0.5) is 13.2 Å². The van der Waals surface area contributed by atoms with E-state index in [1.165, 1.54) is 29.9 Å². The quantitative estimate of drug-likeness (QED) is 0.571. The van der Waals surface area contributed by atoms with Crippen molar-refractivity contribution in [2.45, 2.75) is 51.1 Å². The van der Waals surface area contributed by atoms with E-state index in [2.05, 4.69) is 0 Å². The first-order chi connectivity index (χ1) is 16.8. The SMILES string of the molecule is COC(=O)c1c(OCC2CCCCO2)cc(=O)n2c1CCN(Cc1ccccc1C(F)(F)F)CC2. The largest absolute Gasteiger partial charge is 0.490 e. The predicted molar refractivity (Wildman–Crippen MR) is 122 cm³/mol. The molecule has 2 aliphatic heterocycles. The number of fused-ring (bicyclic) bond motifs is 1. The number of carbonyl (C=O) groups excluding carboxylic acids is 1. The van der Waals surface area contributed by atoms with Crippen LogP contribution in [-0.4, -0.2) is 55.0 Å². The third-order valence-electron chi connectivity index (χ3n) is 6.49. The molecule has 35 heavy (non-hydrogen) atoms. The summed E-state index contributed by atoms with van der Waals surface area (Å²) in [6, 6.07) is 6.77. The Hall–Kier alpha value is -2.85. The van der Waals surface area contributed by atoms with Crippen molar-refractivity contribution in [2.24, 2.45) is 0 Å². The Labute approximate surface area is 201 Å². The molecule has 7 nitrogen and oxygen atoms in total. The van der Waals surface area contributed by atoms with Crippen molar-refractivity contribution in [2.75, 3.05) is 33.4 Å². The minimum absolute atomic E-state index is 0.0777. The van der Waals surface area contributed by atoms with E-state index in [0.29, 0.717) is 25.4 Å². The van der Waals surface area contributed by atoms with Gasteiger partial charge in [-0.2, -0.15) is 13.2 Å². The van der Waals surface area contributed by atoms with E-state index in [1.807, 2.05) is 4.90 Å². The highest BCUT2D eigenvalue weighted by Crippen LogP contribution is 2.33. The van der Waals surface area contributed by atoms with Crippen molar-refractivity contribution >= 4 is 5.97 Å². The van der Waals surface area contributed by atoms with Gasteiger partial charge in [-0.25, -0.2) is 4.79 Å². The van der Waals surface area contributed by atoms with Gasteiger partial charge in [-0.1, -0.05) is 18.2 Å². The Morgan fingerprint density at radius 3 is 2.69 bits per heavy atom. The fraction of sp³-hybridized carbons (Fsp3) is 0.520. The van der Waals surface area contributed by atoms with Crippen LogP contribution in [-0.2, 0) is 35.2 Å². The standard InChI is InChI=1S/C25H29F3N2O5/c1-33-24(32)23-20-9-10-29(15-17-6-2-3-8-19(17)25(26,27)28)11-12-30(20)22(31)14-21(23)35-16-18-7-4-5-13-34-18/h2-3,6,8,14,18H,4-5,7,9-13,15-16H2,1H3. The van der Waals surface area contributed by atoms with Crippen molar-refractivity contribution in [1.82, 2.24) is 9.47 Å². The molecule has 3 heterocycles. The monoisotopic (exact) mass is 494 g/mol. The van der Waals surface area contributed by atoms with Crippen molar-refractivity contribution in [3.8, 4) is 5.75 Å². The van der Waals surface area contributed by atoms with Crippen LogP contribution in [0.15, 0.2) is 35.1 Å². The highest BCUT2D eigenvalue weighted by Gasteiger charge is 2.34. The van der Waals surface area contributed by atoms with Gasteiger partial charge in [0.15, 0.2) is 0 Å². The number of benzene rings is 1. The molecule has 2 aromatic rings. The number of pyridine rings is 1. The summed E-state index contributed by atoms with van der Waals surface area (Å²) in [5.41, 5.74) is -0.182. The lowest BCUT2D eigenvalue weighted by Crippen LogP contribution is -2.30. The Bertz CT molecular complexity index is 1110. The number of alkyl halides is 3. The van der Waals surface area contributed by atoms with E-state index in [0.717, 1.165) is 25.3 Å². The Balaban J connectivity index is 1.58. The number of hydrogen-bond acceptors (Lipinski definition) is 6. The molecule has 10 heteroatoms. The Morgan fingerprint density at radius 1 is 1.17 bits per heavy atom. The van der Waals surface area contributed by atoms with E-state index in [9.17, 15) is 22.8 Å². The first-order valence-corrected chi connectivity index (χ1v) is 11.7. The summed E-state index contributed by atoms with van der Waals surface area (Å²) in [6.45, 7) is 1.90. The molecule has 0 radical (unpaired) electrons. The average molecular weight is 495 g/mol. The number of carbonyl (C=O) groups is 1. The molecule has 190 valence electrons. The summed E-state index contributed by atoms with van der Waals surface area (Å²) in [4.78, 5) is 27.5. The van der Waals surface area contributed by atoms with Gasteiger partial charge >= 0.3 is 12.1 Å². The third kappa shape index (κ3) is 5.87. The van der Waals surface area contributed by atoms with Gasteiger partial charge in [0.2, 0.25) is 0 Å². The maximum atomic E-state index is 13.4. The minimum Gasteiger partial charge on any atom is -0.490 e. The van der Waals surface area contributed by atoms with Crippen LogP contribution >= 0.6 is 0 Å². The number of rotatable bonds is 6. The third-order valence-corrected chi connectivity index (χ3v) is 6.49. The molecule has 0 bridgehead atoms. The molecular weight excluding hydrogens is 465 g/mol. The molecule has 1 saturated heterocycles. The molecule has 1 unspecified atom stereocenters. The fourth-order valence-electron chi connectivity index (χ4n) is 4.68. The number of halogens is 3. The van der Waals surface area contributed by atoms with Crippen LogP contribution in [0, 0.1) is 0 Å². The average Bonchev–Trinajstić information content (AvgIpc) is 3.06. The topological polar surface area (TPSA) is 70.0 Å². The normalized spacial score (nSPS) is 19.0. The first-order valence-electron chi connectivity index (χ1n) is 11.7. The maximum absolute atomic E-state index is 13.4. The second-order valence-corrected chi connectivity index (χ2v) is 8.79. The first kappa shape index (κ1) is 25.2. The van der Waals surface area contributed by atoms with Crippen molar-refractivity contribution < 1.29 is 32.2 Å². The maximum Gasteiger partial charge on any atom is 0.416 e. The highest BCUT2D eigenvalue weighted by molar-refractivity contribution is 5.93. The number of hydrogen-bond donors (Lipinski definition) is 0. The van der Waals surface area contributed by atoms with E-state index in [-0.39, 0.29) is 54.7 Å². The molecule has 0 N–H and O–H groups in total. The van der Waals surface area contributed by atoms with Crippen molar-refractivity contribution in [3.05, 3.63) is 63.1 Å².